The molecule has 0 saturated carbocycles. The minimum atomic E-state index is -0.381. The summed E-state index contributed by atoms with van der Waals surface area (Å²) >= 11 is 0. The van der Waals surface area contributed by atoms with Gasteiger partial charge in [-0.3, -0.25) is 5.41 Å². The van der Waals surface area contributed by atoms with Crippen LogP contribution in [0.25, 0.3) is 0 Å². The summed E-state index contributed by atoms with van der Waals surface area (Å²) in [4.78, 5) is 1.54. The van der Waals surface area contributed by atoms with E-state index < -0.39 is 0 Å². The highest BCUT2D eigenvalue weighted by molar-refractivity contribution is 6.11. The van der Waals surface area contributed by atoms with E-state index >= 15 is 0 Å². The minimum absolute atomic E-state index is 0.134. The fraction of sp³-hybridized carbons (Fsp3) is 0.0714. The van der Waals surface area contributed by atoms with Gasteiger partial charge in [0.15, 0.2) is 0 Å². The lowest BCUT2D eigenvalue weighted by molar-refractivity contribution is 0.625. The van der Waals surface area contributed by atoms with Crippen molar-refractivity contribution in [2.75, 3.05) is 4.90 Å². The Morgan fingerprint density at radius 2 is 1.83 bits per heavy atom. The van der Waals surface area contributed by atoms with Gasteiger partial charge in [0.1, 0.15) is 17.5 Å². The number of anilines is 1. The van der Waals surface area contributed by atoms with Gasteiger partial charge in [-0.25, -0.2) is 8.78 Å². The van der Waals surface area contributed by atoms with E-state index in [1.807, 2.05) is 0 Å². The first-order valence-corrected chi connectivity index (χ1v) is 5.56. The van der Waals surface area contributed by atoms with E-state index in [1.54, 1.807) is 29.2 Å². The van der Waals surface area contributed by atoms with Crippen molar-refractivity contribution in [1.82, 2.24) is 0 Å². The molecule has 18 heavy (non-hydrogen) atoms. The smallest absolute Gasteiger partial charge is 0.146 e. The van der Waals surface area contributed by atoms with Gasteiger partial charge in [0.2, 0.25) is 0 Å². The summed E-state index contributed by atoms with van der Waals surface area (Å²) in [6, 6.07) is 10.6. The van der Waals surface area contributed by atoms with Crippen molar-refractivity contribution >= 4 is 11.5 Å². The molecule has 0 spiro atoms. The highest BCUT2D eigenvalue weighted by Crippen LogP contribution is 2.30. The Morgan fingerprint density at radius 3 is 2.61 bits per heavy atom. The molecular weight excluding hydrogens is 234 g/mol. The SMILES string of the molecule is N=C1c2cc(F)ccc2CN1c1ccccc1F. The zero-order valence-electron chi connectivity index (χ0n) is 9.45. The second kappa shape index (κ2) is 3.91. The third-order valence-electron chi connectivity index (χ3n) is 3.07. The number of nitrogens with one attached hydrogen (secondary N) is 1. The molecule has 2 aromatic carbocycles. The fourth-order valence-electron chi connectivity index (χ4n) is 2.18. The quantitative estimate of drug-likeness (QED) is 0.818. The molecule has 90 valence electrons. The molecule has 0 bridgehead atoms. The fourth-order valence-corrected chi connectivity index (χ4v) is 2.18. The molecule has 2 nitrogen and oxygen atoms in total. The average Bonchev–Trinajstić information content (AvgIpc) is 2.68. The Morgan fingerprint density at radius 1 is 1.06 bits per heavy atom. The molecule has 0 aromatic heterocycles. The summed E-state index contributed by atoms with van der Waals surface area (Å²) in [6.07, 6.45) is 0. The van der Waals surface area contributed by atoms with Crippen LogP contribution >= 0.6 is 0 Å². The van der Waals surface area contributed by atoms with Crippen LogP contribution in [0.3, 0.4) is 0 Å². The first-order valence-electron chi connectivity index (χ1n) is 5.56. The maximum absolute atomic E-state index is 13.7. The van der Waals surface area contributed by atoms with E-state index in [2.05, 4.69) is 0 Å². The van der Waals surface area contributed by atoms with Gasteiger partial charge in [0, 0.05) is 5.56 Å². The minimum Gasteiger partial charge on any atom is -0.319 e. The van der Waals surface area contributed by atoms with Crippen LogP contribution in [0, 0.1) is 17.0 Å². The number of halogens is 2. The summed E-state index contributed by atoms with van der Waals surface area (Å²) in [6.45, 7) is 0.398. The van der Waals surface area contributed by atoms with E-state index in [4.69, 9.17) is 5.41 Å². The maximum atomic E-state index is 13.7. The van der Waals surface area contributed by atoms with E-state index in [0.717, 1.165) is 5.56 Å². The molecule has 0 fully saturated rings. The Bertz CT molecular complexity index is 637. The van der Waals surface area contributed by atoms with Gasteiger partial charge in [-0.15, -0.1) is 0 Å². The molecule has 1 aliphatic heterocycles. The highest BCUT2D eigenvalue weighted by Gasteiger charge is 2.27. The Hall–Kier alpha value is -2.23. The van der Waals surface area contributed by atoms with Crippen LogP contribution in [-0.2, 0) is 6.54 Å². The lowest BCUT2D eigenvalue weighted by atomic mass is 10.1. The summed E-state index contributed by atoms with van der Waals surface area (Å²) < 4.78 is 26.9. The van der Waals surface area contributed by atoms with Crippen LogP contribution in [0.2, 0.25) is 0 Å². The molecule has 1 aliphatic rings. The molecule has 3 rings (SSSR count). The largest absolute Gasteiger partial charge is 0.319 e. The van der Waals surface area contributed by atoms with Crippen LogP contribution in [0.1, 0.15) is 11.1 Å². The monoisotopic (exact) mass is 244 g/mol. The first kappa shape index (κ1) is 10.9. The number of nitrogens with zero attached hydrogens (tertiary/aromatic N) is 1. The topological polar surface area (TPSA) is 27.1 Å². The van der Waals surface area contributed by atoms with Crippen LogP contribution in [0.15, 0.2) is 42.5 Å². The van der Waals surface area contributed by atoms with Crippen molar-refractivity contribution in [2.45, 2.75) is 6.54 Å². The lowest BCUT2D eigenvalue weighted by Gasteiger charge is -2.18. The van der Waals surface area contributed by atoms with Crippen LogP contribution in [-0.4, -0.2) is 5.84 Å². The van der Waals surface area contributed by atoms with Crippen LogP contribution in [0.5, 0.6) is 0 Å². The van der Waals surface area contributed by atoms with Crippen LogP contribution in [0.4, 0.5) is 14.5 Å². The van der Waals surface area contributed by atoms with Gasteiger partial charge in [-0.05, 0) is 29.8 Å². The van der Waals surface area contributed by atoms with Gasteiger partial charge >= 0.3 is 0 Å². The predicted octanol–water partition coefficient (Wildman–Crippen LogP) is 3.31. The standard InChI is InChI=1S/C14H10F2N2/c15-10-6-5-9-8-18(14(17)11(9)7-10)13-4-2-1-3-12(13)16/h1-7,17H,8H2. The van der Waals surface area contributed by atoms with E-state index in [0.29, 0.717) is 17.8 Å². The molecule has 0 saturated heterocycles. The molecule has 0 aliphatic carbocycles. The Labute approximate surface area is 103 Å². The number of rotatable bonds is 1. The van der Waals surface area contributed by atoms with Crippen molar-refractivity contribution in [3.8, 4) is 0 Å². The second-order valence-electron chi connectivity index (χ2n) is 4.19. The Balaban J connectivity index is 2.05. The van der Waals surface area contributed by atoms with Gasteiger partial charge in [-0.2, -0.15) is 0 Å². The first-order chi connectivity index (χ1) is 8.66. The zero-order chi connectivity index (χ0) is 12.7. The third kappa shape index (κ3) is 1.57. The molecule has 0 unspecified atom stereocenters. The number of hydrogen-bond donors (Lipinski definition) is 1. The molecule has 0 amide bonds. The van der Waals surface area contributed by atoms with Crippen molar-refractivity contribution in [1.29, 1.82) is 5.41 Å². The number of benzene rings is 2. The van der Waals surface area contributed by atoms with Gasteiger partial charge in [-0.1, -0.05) is 18.2 Å². The molecule has 1 heterocycles. The average molecular weight is 244 g/mol. The highest BCUT2D eigenvalue weighted by atomic mass is 19.1. The number of fused-ring (bicyclic) bond motifs is 1. The molecule has 2 aromatic rings. The van der Waals surface area contributed by atoms with E-state index in [9.17, 15) is 8.78 Å². The molecule has 0 atom stereocenters. The van der Waals surface area contributed by atoms with Crippen molar-refractivity contribution < 1.29 is 8.78 Å². The number of para-hydroxylation sites is 1. The van der Waals surface area contributed by atoms with Crippen molar-refractivity contribution in [3.05, 3.63) is 65.2 Å². The molecule has 1 N–H and O–H groups in total. The van der Waals surface area contributed by atoms with E-state index in [1.165, 1.54) is 18.2 Å². The summed E-state index contributed by atoms with van der Waals surface area (Å²) in [5, 5.41) is 8.01. The molecule has 0 radical (unpaired) electrons. The lowest BCUT2D eigenvalue weighted by Crippen LogP contribution is -2.24. The zero-order valence-corrected chi connectivity index (χ0v) is 9.45. The second-order valence-corrected chi connectivity index (χ2v) is 4.19. The molecule has 4 heteroatoms. The van der Waals surface area contributed by atoms with Crippen molar-refractivity contribution in [2.24, 2.45) is 0 Å². The normalized spacial score (nSPS) is 13.9. The van der Waals surface area contributed by atoms with Crippen molar-refractivity contribution in [3.63, 3.8) is 0 Å². The summed E-state index contributed by atoms with van der Waals surface area (Å²) in [5.41, 5.74) is 1.71. The number of hydrogen-bond acceptors (Lipinski definition) is 1. The van der Waals surface area contributed by atoms with Crippen LogP contribution < -0.4 is 4.90 Å². The molecular formula is C14H10F2N2. The van der Waals surface area contributed by atoms with E-state index in [-0.39, 0.29) is 17.5 Å². The predicted molar refractivity (Wildman–Crippen MR) is 65.8 cm³/mol. The summed E-state index contributed by atoms with van der Waals surface area (Å²) in [7, 11) is 0. The number of amidine groups is 1. The summed E-state index contributed by atoms with van der Waals surface area (Å²) in [5.74, 6) is -0.626. The van der Waals surface area contributed by atoms with Gasteiger partial charge in [0.05, 0.1) is 12.2 Å². The maximum Gasteiger partial charge on any atom is 0.146 e. The Kier molecular flexibility index (Phi) is 2.37. The van der Waals surface area contributed by atoms with Gasteiger partial charge < -0.3 is 4.90 Å². The van der Waals surface area contributed by atoms with Gasteiger partial charge in [0.25, 0.3) is 0 Å². The third-order valence-corrected chi connectivity index (χ3v) is 3.07.